The fourth-order valence-corrected chi connectivity index (χ4v) is 5.02. The highest BCUT2D eigenvalue weighted by atomic mass is 16.7. The Morgan fingerprint density at radius 3 is 2.40 bits per heavy atom. The van der Waals surface area contributed by atoms with E-state index in [0.29, 0.717) is 24.4 Å². The Labute approximate surface area is 236 Å². The number of esters is 1. The highest BCUT2D eigenvalue weighted by Gasteiger charge is 2.51. The van der Waals surface area contributed by atoms with Crippen LogP contribution in [0.2, 0.25) is 0 Å². The minimum Gasteiger partial charge on any atom is -0.465 e. The molecule has 0 amide bonds. The number of carbonyl (C=O) groups is 1. The van der Waals surface area contributed by atoms with Crippen LogP contribution in [0.1, 0.15) is 50.5 Å². The van der Waals surface area contributed by atoms with Crippen LogP contribution in [0.15, 0.2) is 60.7 Å². The number of benzene rings is 3. The van der Waals surface area contributed by atoms with Gasteiger partial charge < -0.3 is 29.0 Å². The molecule has 3 aromatic rings. The molecule has 206 valence electrons. The highest BCUT2D eigenvalue weighted by Crippen LogP contribution is 2.40. The van der Waals surface area contributed by atoms with E-state index >= 15 is 0 Å². The van der Waals surface area contributed by atoms with Gasteiger partial charge in [-0.3, -0.25) is 0 Å². The first-order valence-electron chi connectivity index (χ1n) is 13.4. The molecule has 3 aromatic carbocycles. The van der Waals surface area contributed by atoms with E-state index in [-0.39, 0.29) is 0 Å². The smallest absolute Gasteiger partial charge is 0.465 e. The van der Waals surface area contributed by atoms with Crippen molar-refractivity contribution in [1.29, 1.82) is 0 Å². The van der Waals surface area contributed by atoms with Gasteiger partial charge in [-0.15, -0.1) is 0 Å². The summed E-state index contributed by atoms with van der Waals surface area (Å²) < 4.78 is 23.5. The molecule has 2 heterocycles. The van der Waals surface area contributed by atoms with Crippen LogP contribution in [0.4, 0.5) is 17.1 Å². The summed E-state index contributed by atoms with van der Waals surface area (Å²) in [5, 5.41) is 3.36. The summed E-state index contributed by atoms with van der Waals surface area (Å²) in [6.45, 7) is 18.8. The first-order valence-corrected chi connectivity index (χ1v) is 13.4. The summed E-state index contributed by atoms with van der Waals surface area (Å²) in [5.74, 6) is -0.398. The van der Waals surface area contributed by atoms with Gasteiger partial charge in [-0.05, 0) is 68.9 Å². The lowest BCUT2D eigenvalue weighted by atomic mass is 9.77. The molecule has 2 aliphatic heterocycles. The largest absolute Gasteiger partial charge is 0.494 e. The summed E-state index contributed by atoms with van der Waals surface area (Å²) in [5.41, 5.74) is 5.35. The van der Waals surface area contributed by atoms with Gasteiger partial charge in [-0.1, -0.05) is 48.5 Å². The summed E-state index contributed by atoms with van der Waals surface area (Å²) in [7, 11) is 0.872. The average molecular weight is 539 g/mol. The molecular weight excluding hydrogens is 505 g/mol. The molecule has 0 aromatic heterocycles. The van der Waals surface area contributed by atoms with E-state index < -0.39 is 30.6 Å². The van der Waals surface area contributed by atoms with Crippen molar-refractivity contribution in [3.8, 4) is 11.1 Å². The van der Waals surface area contributed by atoms with Gasteiger partial charge in [0.1, 0.15) is 0 Å². The normalized spacial score (nSPS) is 18.7. The first-order chi connectivity index (χ1) is 19.1. The molecule has 1 atom stereocenters. The summed E-state index contributed by atoms with van der Waals surface area (Å²) in [6.07, 6.45) is -0.421. The monoisotopic (exact) mass is 539 g/mol. The lowest BCUT2D eigenvalue weighted by molar-refractivity contribution is 0.00578. The number of para-hydroxylation sites is 1. The standard InChI is InChI=1S/C31H34BN3O5/c1-8-38-29-34-26-11-9-10-23(28(36)37-7)27(26)35(29)19-20-12-14-21(15-13-20)24-18-22(16-17-25(24)33-6)32-39-30(2,3)31(4,5)40-32/h9-18,29,34H,8,19H2,1-5,7H3. The minimum absolute atomic E-state index is 0.398. The molecule has 0 bridgehead atoms. The second-order valence-corrected chi connectivity index (χ2v) is 10.9. The summed E-state index contributed by atoms with van der Waals surface area (Å²) >= 11 is 0. The summed E-state index contributed by atoms with van der Waals surface area (Å²) in [6, 6.07) is 19.3. The molecule has 40 heavy (non-hydrogen) atoms. The van der Waals surface area contributed by atoms with Gasteiger partial charge in [0.2, 0.25) is 6.35 Å². The number of carbonyl (C=O) groups excluding carboxylic acids is 1. The summed E-state index contributed by atoms with van der Waals surface area (Å²) in [4.78, 5) is 18.3. The van der Waals surface area contributed by atoms with Gasteiger partial charge in [0.05, 0.1) is 41.8 Å². The van der Waals surface area contributed by atoms with Crippen LogP contribution in [-0.4, -0.2) is 44.4 Å². The van der Waals surface area contributed by atoms with Crippen LogP contribution in [0.3, 0.4) is 0 Å². The molecule has 0 aliphatic carbocycles. The van der Waals surface area contributed by atoms with Crippen molar-refractivity contribution < 1.29 is 23.6 Å². The Bertz CT molecular complexity index is 1450. The van der Waals surface area contributed by atoms with Crippen molar-refractivity contribution in [2.24, 2.45) is 0 Å². The molecule has 1 saturated heterocycles. The molecule has 1 N–H and O–H groups in total. The predicted molar refractivity (Wildman–Crippen MR) is 157 cm³/mol. The van der Waals surface area contributed by atoms with E-state index in [2.05, 4.69) is 10.2 Å². The molecule has 0 saturated carbocycles. The van der Waals surface area contributed by atoms with Crippen LogP contribution >= 0.6 is 0 Å². The zero-order chi connectivity index (χ0) is 28.7. The number of ether oxygens (including phenoxy) is 2. The van der Waals surface area contributed by atoms with Crippen molar-refractivity contribution in [2.75, 3.05) is 23.9 Å². The van der Waals surface area contributed by atoms with Crippen molar-refractivity contribution in [3.63, 3.8) is 0 Å². The van der Waals surface area contributed by atoms with Crippen LogP contribution in [0, 0.1) is 6.57 Å². The molecule has 8 nitrogen and oxygen atoms in total. The van der Waals surface area contributed by atoms with Gasteiger partial charge in [-0.25, -0.2) is 9.64 Å². The highest BCUT2D eigenvalue weighted by molar-refractivity contribution is 6.62. The predicted octanol–water partition coefficient (Wildman–Crippen LogP) is 5.74. The van der Waals surface area contributed by atoms with Crippen molar-refractivity contribution in [3.05, 3.63) is 83.2 Å². The Balaban J connectivity index is 1.43. The SMILES string of the molecule is [C-]#[N+]c1ccc(B2OC(C)(C)C(C)(C)O2)cc1-c1ccc(CN2c3c(cccc3C(=O)OC)NC2OCC)cc1. The van der Waals surface area contributed by atoms with Gasteiger partial charge in [0.25, 0.3) is 0 Å². The van der Waals surface area contributed by atoms with E-state index in [1.807, 2.05) is 94.1 Å². The Morgan fingerprint density at radius 2 is 1.77 bits per heavy atom. The molecule has 5 rings (SSSR count). The van der Waals surface area contributed by atoms with E-state index in [0.717, 1.165) is 33.5 Å². The zero-order valence-electron chi connectivity index (χ0n) is 23.8. The number of anilines is 2. The number of nitrogens with one attached hydrogen (secondary N) is 1. The van der Waals surface area contributed by atoms with Crippen LogP contribution < -0.4 is 15.7 Å². The molecule has 2 aliphatic rings. The van der Waals surface area contributed by atoms with Crippen molar-refractivity contribution in [1.82, 2.24) is 0 Å². The van der Waals surface area contributed by atoms with Crippen LogP contribution in [0.5, 0.6) is 0 Å². The third-order valence-corrected chi connectivity index (χ3v) is 7.90. The molecule has 0 radical (unpaired) electrons. The maximum absolute atomic E-state index is 12.5. The fraction of sp³-hybridized carbons (Fsp3) is 0.355. The van der Waals surface area contributed by atoms with Gasteiger partial charge in [-0.2, -0.15) is 0 Å². The fourth-order valence-electron chi connectivity index (χ4n) is 5.02. The minimum atomic E-state index is -0.509. The Morgan fingerprint density at radius 1 is 1.07 bits per heavy atom. The lowest BCUT2D eigenvalue weighted by Gasteiger charge is -2.32. The van der Waals surface area contributed by atoms with Crippen LogP contribution in [0.25, 0.3) is 16.0 Å². The molecule has 1 unspecified atom stereocenters. The molecule has 9 heteroatoms. The number of hydrogen-bond acceptors (Lipinski definition) is 7. The van der Waals surface area contributed by atoms with Crippen molar-refractivity contribution in [2.45, 2.75) is 58.7 Å². The van der Waals surface area contributed by atoms with Crippen LogP contribution in [-0.2, 0) is 25.3 Å². The number of hydrogen-bond donors (Lipinski definition) is 1. The van der Waals surface area contributed by atoms with E-state index in [1.165, 1.54) is 7.11 Å². The van der Waals surface area contributed by atoms with Crippen molar-refractivity contribution >= 4 is 35.6 Å². The third kappa shape index (κ3) is 4.95. The zero-order valence-corrected chi connectivity index (χ0v) is 23.8. The number of methoxy groups -OCH3 is 1. The van der Waals surface area contributed by atoms with E-state index in [4.69, 9.17) is 25.4 Å². The van der Waals surface area contributed by atoms with E-state index in [9.17, 15) is 4.79 Å². The second kappa shape index (κ2) is 10.6. The number of fused-ring (bicyclic) bond motifs is 1. The van der Waals surface area contributed by atoms with Gasteiger partial charge in [0, 0.05) is 13.2 Å². The molecule has 1 fully saturated rings. The second-order valence-electron chi connectivity index (χ2n) is 10.9. The Hall–Kier alpha value is -3.84. The Kier molecular flexibility index (Phi) is 7.36. The van der Waals surface area contributed by atoms with Gasteiger partial charge in [0.15, 0.2) is 5.69 Å². The topological polar surface area (TPSA) is 73.6 Å². The average Bonchev–Trinajstić information content (AvgIpc) is 3.40. The van der Waals surface area contributed by atoms with Gasteiger partial charge >= 0.3 is 13.1 Å². The maximum atomic E-state index is 12.5. The first kappa shape index (κ1) is 27.7. The van der Waals surface area contributed by atoms with E-state index in [1.54, 1.807) is 6.07 Å². The maximum Gasteiger partial charge on any atom is 0.494 e. The lowest BCUT2D eigenvalue weighted by Crippen LogP contribution is -2.41. The number of nitrogens with zero attached hydrogens (tertiary/aromatic N) is 2. The molecular formula is C31H34BN3O5. The quantitative estimate of drug-likeness (QED) is 0.233. The number of rotatable bonds is 7. The molecule has 0 spiro atoms. The third-order valence-electron chi connectivity index (χ3n) is 7.90.